The third-order valence-corrected chi connectivity index (χ3v) is 2.34. The molecule has 0 radical (unpaired) electrons. The minimum Gasteiger partial charge on any atom is -0.490 e. The van der Waals surface area contributed by atoms with E-state index < -0.39 is 10.7 Å². The maximum Gasteiger partial charge on any atom is 0.313 e. The lowest BCUT2D eigenvalue weighted by Gasteiger charge is -2.12. The van der Waals surface area contributed by atoms with Gasteiger partial charge in [-0.25, -0.2) is 4.39 Å². The molecule has 18 heavy (non-hydrogen) atoms. The van der Waals surface area contributed by atoms with Gasteiger partial charge in [0.05, 0.1) is 23.8 Å². The summed E-state index contributed by atoms with van der Waals surface area (Å²) in [5.41, 5.74) is -0.188. The van der Waals surface area contributed by atoms with Crippen LogP contribution in [0.3, 0.4) is 0 Å². The van der Waals surface area contributed by atoms with E-state index in [-0.39, 0.29) is 17.1 Å². The number of likely N-dealkylation sites (N-methyl/N-ethyl adjacent to an activating group) is 1. The molecule has 0 unspecified atom stereocenters. The number of methoxy groups -OCH3 is 1. The largest absolute Gasteiger partial charge is 0.490 e. The van der Waals surface area contributed by atoms with Gasteiger partial charge in [-0.1, -0.05) is 0 Å². The SMILES string of the molecule is COc1cc(NCCN(C)C)c(F)cc1[N+](=O)[O-]. The molecule has 0 heterocycles. The molecule has 1 rings (SSSR count). The highest BCUT2D eigenvalue weighted by Gasteiger charge is 2.18. The first-order valence-corrected chi connectivity index (χ1v) is 5.36. The third-order valence-electron chi connectivity index (χ3n) is 2.34. The van der Waals surface area contributed by atoms with Crippen LogP contribution >= 0.6 is 0 Å². The molecule has 0 fully saturated rings. The number of ether oxygens (including phenoxy) is 1. The Balaban J connectivity index is 2.90. The minimum absolute atomic E-state index is 0.0359. The highest BCUT2D eigenvalue weighted by Crippen LogP contribution is 2.32. The number of nitro benzene ring substituents is 1. The Morgan fingerprint density at radius 3 is 2.67 bits per heavy atom. The van der Waals surface area contributed by atoms with Gasteiger partial charge >= 0.3 is 5.69 Å². The Morgan fingerprint density at radius 1 is 1.50 bits per heavy atom. The Hall–Kier alpha value is -1.89. The molecule has 1 aromatic carbocycles. The minimum atomic E-state index is -0.675. The highest BCUT2D eigenvalue weighted by atomic mass is 19.1. The topological polar surface area (TPSA) is 67.6 Å². The van der Waals surface area contributed by atoms with Gasteiger partial charge in [0, 0.05) is 19.2 Å². The summed E-state index contributed by atoms with van der Waals surface area (Å²) < 4.78 is 18.5. The average molecular weight is 257 g/mol. The monoisotopic (exact) mass is 257 g/mol. The van der Waals surface area contributed by atoms with Crippen molar-refractivity contribution < 1.29 is 14.1 Å². The van der Waals surface area contributed by atoms with Gasteiger partial charge in [-0.2, -0.15) is 0 Å². The standard InChI is InChI=1S/C11H16FN3O3/c1-14(2)5-4-13-9-7-11(18-3)10(15(16)17)6-8(9)12/h6-7,13H,4-5H2,1-3H3. The predicted molar refractivity (Wildman–Crippen MR) is 66.7 cm³/mol. The van der Waals surface area contributed by atoms with Gasteiger partial charge in [-0.3, -0.25) is 10.1 Å². The lowest BCUT2D eigenvalue weighted by atomic mass is 10.2. The Labute approximate surface area is 104 Å². The molecule has 0 bridgehead atoms. The summed E-state index contributed by atoms with van der Waals surface area (Å²) >= 11 is 0. The van der Waals surface area contributed by atoms with E-state index in [0.29, 0.717) is 6.54 Å². The molecular weight excluding hydrogens is 241 g/mol. The zero-order chi connectivity index (χ0) is 13.7. The van der Waals surface area contributed by atoms with Crippen LogP contribution in [0.4, 0.5) is 15.8 Å². The summed E-state index contributed by atoms with van der Waals surface area (Å²) in [5.74, 6) is -0.630. The van der Waals surface area contributed by atoms with E-state index >= 15 is 0 Å². The molecule has 0 aliphatic heterocycles. The van der Waals surface area contributed by atoms with E-state index in [1.165, 1.54) is 13.2 Å². The first-order valence-electron chi connectivity index (χ1n) is 5.36. The van der Waals surface area contributed by atoms with E-state index in [4.69, 9.17) is 4.74 Å². The number of hydrogen-bond acceptors (Lipinski definition) is 5. The summed E-state index contributed by atoms with van der Waals surface area (Å²) in [7, 11) is 5.10. The van der Waals surface area contributed by atoms with Gasteiger partial charge in [0.2, 0.25) is 0 Å². The first-order chi connectivity index (χ1) is 8.45. The van der Waals surface area contributed by atoms with Crippen LogP contribution in [0.15, 0.2) is 12.1 Å². The van der Waals surface area contributed by atoms with Crippen molar-refractivity contribution in [1.29, 1.82) is 0 Å². The molecule has 1 aromatic rings. The molecule has 0 aliphatic carbocycles. The van der Waals surface area contributed by atoms with Crippen LogP contribution in [0.2, 0.25) is 0 Å². The van der Waals surface area contributed by atoms with Crippen LogP contribution < -0.4 is 10.1 Å². The van der Waals surface area contributed by atoms with Gasteiger partial charge in [0.15, 0.2) is 11.6 Å². The normalized spacial score (nSPS) is 10.5. The summed E-state index contributed by atoms with van der Waals surface area (Å²) in [6, 6.07) is 2.15. The van der Waals surface area contributed by atoms with Gasteiger partial charge in [0.1, 0.15) is 0 Å². The molecule has 0 saturated carbocycles. The van der Waals surface area contributed by atoms with Crippen LogP contribution in [0.5, 0.6) is 5.75 Å². The van der Waals surface area contributed by atoms with E-state index in [1.54, 1.807) is 0 Å². The lowest BCUT2D eigenvalue weighted by Crippen LogP contribution is -2.21. The second-order valence-corrected chi connectivity index (χ2v) is 3.99. The Bertz CT molecular complexity index is 438. The zero-order valence-corrected chi connectivity index (χ0v) is 10.6. The molecule has 1 N–H and O–H groups in total. The van der Waals surface area contributed by atoms with Crippen molar-refractivity contribution in [2.75, 3.05) is 39.6 Å². The van der Waals surface area contributed by atoms with Crippen molar-refractivity contribution in [3.05, 3.63) is 28.1 Å². The summed E-state index contributed by atoms with van der Waals surface area (Å²) in [5, 5.41) is 13.5. The molecule has 0 aromatic heterocycles. The number of nitrogens with one attached hydrogen (secondary N) is 1. The van der Waals surface area contributed by atoms with E-state index in [1.807, 2.05) is 19.0 Å². The van der Waals surface area contributed by atoms with Gasteiger partial charge in [0.25, 0.3) is 0 Å². The van der Waals surface area contributed by atoms with Crippen LogP contribution in [-0.2, 0) is 0 Å². The quantitative estimate of drug-likeness (QED) is 0.620. The van der Waals surface area contributed by atoms with Crippen LogP contribution in [0, 0.1) is 15.9 Å². The zero-order valence-electron chi connectivity index (χ0n) is 10.6. The van der Waals surface area contributed by atoms with Gasteiger partial charge < -0.3 is 15.0 Å². The number of nitro groups is 1. The summed E-state index contributed by atoms with van der Waals surface area (Å²) in [4.78, 5) is 11.9. The molecule has 0 amide bonds. The maximum atomic E-state index is 13.6. The second kappa shape index (κ2) is 6.15. The van der Waals surface area contributed by atoms with Crippen molar-refractivity contribution in [1.82, 2.24) is 4.90 Å². The fourth-order valence-corrected chi connectivity index (χ4v) is 1.40. The van der Waals surface area contributed by atoms with Crippen molar-refractivity contribution >= 4 is 11.4 Å². The predicted octanol–water partition coefficient (Wildman–Crippen LogP) is 1.72. The maximum absolute atomic E-state index is 13.6. The second-order valence-electron chi connectivity index (χ2n) is 3.99. The number of rotatable bonds is 6. The number of hydrogen-bond donors (Lipinski definition) is 1. The molecule has 6 nitrogen and oxygen atoms in total. The van der Waals surface area contributed by atoms with Crippen molar-refractivity contribution in [3.8, 4) is 5.75 Å². The number of nitrogens with zero attached hydrogens (tertiary/aromatic N) is 2. The fourth-order valence-electron chi connectivity index (χ4n) is 1.40. The molecule has 0 spiro atoms. The first kappa shape index (κ1) is 14.2. The molecule has 0 atom stereocenters. The summed E-state index contributed by atoms with van der Waals surface area (Å²) in [6.45, 7) is 1.25. The van der Waals surface area contributed by atoms with Gasteiger partial charge in [-0.15, -0.1) is 0 Å². The molecule has 0 saturated heterocycles. The molecular formula is C11H16FN3O3. The van der Waals surface area contributed by atoms with E-state index in [2.05, 4.69) is 5.32 Å². The van der Waals surface area contributed by atoms with E-state index in [9.17, 15) is 14.5 Å². The number of anilines is 1. The van der Waals surface area contributed by atoms with Crippen molar-refractivity contribution in [3.63, 3.8) is 0 Å². The van der Waals surface area contributed by atoms with Crippen LogP contribution in [0.25, 0.3) is 0 Å². The number of benzene rings is 1. The molecule has 0 aliphatic rings. The molecule has 100 valence electrons. The average Bonchev–Trinajstić information content (AvgIpc) is 2.30. The molecule has 7 heteroatoms. The third kappa shape index (κ3) is 3.56. The van der Waals surface area contributed by atoms with E-state index in [0.717, 1.165) is 12.6 Å². The lowest BCUT2D eigenvalue weighted by molar-refractivity contribution is -0.385. The van der Waals surface area contributed by atoms with Crippen molar-refractivity contribution in [2.24, 2.45) is 0 Å². The highest BCUT2D eigenvalue weighted by molar-refractivity contribution is 5.59. The van der Waals surface area contributed by atoms with Crippen LogP contribution in [0.1, 0.15) is 0 Å². The Morgan fingerprint density at radius 2 is 2.17 bits per heavy atom. The van der Waals surface area contributed by atoms with Crippen LogP contribution in [-0.4, -0.2) is 44.1 Å². The Kier molecular flexibility index (Phi) is 4.85. The number of halogens is 1. The summed E-state index contributed by atoms with van der Waals surface area (Å²) in [6.07, 6.45) is 0. The fraction of sp³-hybridized carbons (Fsp3) is 0.455. The van der Waals surface area contributed by atoms with Gasteiger partial charge in [-0.05, 0) is 14.1 Å². The van der Waals surface area contributed by atoms with Crippen molar-refractivity contribution in [2.45, 2.75) is 0 Å². The smallest absolute Gasteiger partial charge is 0.313 e.